The highest BCUT2D eigenvalue weighted by molar-refractivity contribution is 6.18. The Labute approximate surface area is 105 Å². The summed E-state index contributed by atoms with van der Waals surface area (Å²) < 4.78 is 10.7. The first kappa shape index (κ1) is 12.8. The summed E-state index contributed by atoms with van der Waals surface area (Å²) >= 11 is 5.48. The molecule has 4 nitrogen and oxygen atoms in total. The fourth-order valence-corrected chi connectivity index (χ4v) is 1.88. The van der Waals surface area contributed by atoms with Crippen LogP contribution in [0.5, 0.6) is 0 Å². The highest BCUT2D eigenvalue weighted by Crippen LogP contribution is 2.25. The Balaban J connectivity index is 2.06. The summed E-state index contributed by atoms with van der Waals surface area (Å²) in [5, 5.41) is 19.2. The Morgan fingerprint density at radius 2 is 1.76 bits per heavy atom. The smallest absolute Gasteiger partial charge is 0.184 e. The van der Waals surface area contributed by atoms with E-state index in [2.05, 4.69) is 0 Å². The first-order valence-corrected chi connectivity index (χ1v) is 6.01. The largest absolute Gasteiger partial charge is 0.389 e. The van der Waals surface area contributed by atoms with Gasteiger partial charge >= 0.3 is 0 Å². The summed E-state index contributed by atoms with van der Waals surface area (Å²) in [6, 6.07) is 7.10. The summed E-state index contributed by atoms with van der Waals surface area (Å²) in [5.41, 5.74) is 1.53. The van der Waals surface area contributed by atoms with E-state index in [0.717, 1.165) is 5.56 Å². The minimum atomic E-state index is -0.966. The van der Waals surface area contributed by atoms with Gasteiger partial charge in [-0.3, -0.25) is 0 Å². The predicted octanol–water partition coefficient (Wildman–Crippen LogP) is 1.37. The molecule has 1 heterocycles. The maximum Gasteiger partial charge on any atom is 0.184 e. The second-order valence-corrected chi connectivity index (χ2v) is 4.22. The number of hydrogen-bond acceptors (Lipinski definition) is 4. The number of halogens is 1. The molecule has 2 rings (SSSR count). The molecule has 94 valence electrons. The summed E-state index contributed by atoms with van der Waals surface area (Å²) in [4.78, 5) is 0. The molecular weight excluding hydrogens is 244 g/mol. The number of hydrogen-bond donors (Lipinski definition) is 2. The lowest BCUT2D eigenvalue weighted by molar-refractivity contribution is -0.0441. The van der Waals surface area contributed by atoms with E-state index in [-0.39, 0.29) is 12.2 Å². The maximum atomic E-state index is 9.75. The standard InChI is InChI=1S/C12H15ClO4/c13-7-10(14)11(15)8-1-3-9(4-2-8)12-16-5-6-17-12/h1-4,10-12,14-15H,5-7H2. The Kier molecular flexibility index (Phi) is 4.36. The molecule has 5 heteroatoms. The first-order chi connectivity index (χ1) is 8.22. The molecule has 2 N–H and O–H groups in total. The number of benzene rings is 1. The molecule has 2 unspecified atom stereocenters. The van der Waals surface area contributed by atoms with Crippen LogP contribution in [-0.4, -0.2) is 35.4 Å². The molecule has 1 aliphatic heterocycles. The van der Waals surface area contributed by atoms with Crippen LogP contribution in [0, 0.1) is 0 Å². The maximum absolute atomic E-state index is 9.75. The number of rotatable bonds is 4. The third-order valence-corrected chi connectivity index (χ3v) is 3.01. The quantitative estimate of drug-likeness (QED) is 0.801. The second kappa shape index (κ2) is 5.80. The molecule has 0 bridgehead atoms. The fraction of sp³-hybridized carbons (Fsp3) is 0.500. The Hall–Kier alpha value is -0.650. The molecule has 1 saturated heterocycles. The van der Waals surface area contributed by atoms with Crippen LogP contribution in [0.4, 0.5) is 0 Å². The fourth-order valence-electron chi connectivity index (χ4n) is 1.71. The molecule has 0 aromatic heterocycles. The topological polar surface area (TPSA) is 58.9 Å². The van der Waals surface area contributed by atoms with Crippen molar-refractivity contribution < 1.29 is 19.7 Å². The molecule has 0 aliphatic carbocycles. The SMILES string of the molecule is OC(CCl)C(O)c1ccc(C2OCCO2)cc1. The molecular formula is C12H15ClO4. The lowest BCUT2D eigenvalue weighted by Gasteiger charge is -2.16. The lowest BCUT2D eigenvalue weighted by Crippen LogP contribution is -2.19. The van der Waals surface area contributed by atoms with Gasteiger partial charge in [-0.2, -0.15) is 0 Å². The summed E-state index contributed by atoms with van der Waals surface area (Å²) in [6.07, 6.45) is -2.24. The monoisotopic (exact) mass is 258 g/mol. The number of aliphatic hydroxyl groups is 2. The second-order valence-electron chi connectivity index (χ2n) is 3.91. The molecule has 2 atom stereocenters. The van der Waals surface area contributed by atoms with Crippen molar-refractivity contribution in [2.45, 2.75) is 18.5 Å². The van der Waals surface area contributed by atoms with Crippen LogP contribution in [0.1, 0.15) is 23.5 Å². The van der Waals surface area contributed by atoms with Gasteiger partial charge in [0, 0.05) is 5.56 Å². The van der Waals surface area contributed by atoms with Gasteiger partial charge in [-0.25, -0.2) is 0 Å². The van der Waals surface area contributed by atoms with Crippen LogP contribution in [0.25, 0.3) is 0 Å². The van der Waals surface area contributed by atoms with E-state index in [1.54, 1.807) is 12.1 Å². The van der Waals surface area contributed by atoms with E-state index in [9.17, 15) is 10.2 Å². The van der Waals surface area contributed by atoms with Crippen molar-refractivity contribution in [1.82, 2.24) is 0 Å². The van der Waals surface area contributed by atoms with Crippen molar-refractivity contribution in [3.05, 3.63) is 35.4 Å². The average Bonchev–Trinajstić information content (AvgIpc) is 2.91. The molecule has 1 aromatic rings. The van der Waals surface area contributed by atoms with Crippen LogP contribution in [-0.2, 0) is 9.47 Å². The van der Waals surface area contributed by atoms with Crippen molar-refractivity contribution in [1.29, 1.82) is 0 Å². The third kappa shape index (κ3) is 2.97. The zero-order valence-electron chi connectivity index (χ0n) is 9.25. The molecule has 0 saturated carbocycles. The van der Waals surface area contributed by atoms with Gasteiger partial charge in [-0.05, 0) is 5.56 Å². The summed E-state index contributed by atoms with van der Waals surface area (Å²) in [6.45, 7) is 1.19. The van der Waals surface area contributed by atoms with Gasteiger partial charge in [-0.15, -0.1) is 11.6 Å². The van der Waals surface area contributed by atoms with Gasteiger partial charge in [0.1, 0.15) is 6.10 Å². The van der Waals surface area contributed by atoms with E-state index in [0.29, 0.717) is 18.8 Å². The average molecular weight is 259 g/mol. The van der Waals surface area contributed by atoms with E-state index in [1.807, 2.05) is 12.1 Å². The Morgan fingerprint density at radius 1 is 1.18 bits per heavy atom. The highest BCUT2D eigenvalue weighted by Gasteiger charge is 2.20. The molecule has 1 aromatic carbocycles. The van der Waals surface area contributed by atoms with Crippen LogP contribution in [0.15, 0.2) is 24.3 Å². The Morgan fingerprint density at radius 3 is 2.29 bits per heavy atom. The molecule has 0 amide bonds. The van der Waals surface area contributed by atoms with Crippen LogP contribution >= 0.6 is 11.6 Å². The van der Waals surface area contributed by atoms with Crippen molar-refractivity contribution in [3.63, 3.8) is 0 Å². The third-order valence-electron chi connectivity index (χ3n) is 2.69. The van der Waals surface area contributed by atoms with Crippen LogP contribution in [0.2, 0.25) is 0 Å². The highest BCUT2D eigenvalue weighted by atomic mass is 35.5. The first-order valence-electron chi connectivity index (χ1n) is 5.47. The zero-order chi connectivity index (χ0) is 12.3. The summed E-state index contributed by atoms with van der Waals surface area (Å²) in [7, 11) is 0. The van der Waals surface area contributed by atoms with Crippen LogP contribution in [0.3, 0.4) is 0 Å². The van der Waals surface area contributed by atoms with Crippen molar-refractivity contribution >= 4 is 11.6 Å². The van der Waals surface area contributed by atoms with Gasteiger partial charge in [0.25, 0.3) is 0 Å². The van der Waals surface area contributed by atoms with E-state index in [4.69, 9.17) is 21.1 Å². The van der Waals surface area contributed by atoms with Gasteiger partial charge in [0.05, 0.1) is 25.2 Å². The predicted molar refractivity (Wildman–Crippen MR) is 62.8 cm³/mol. The molecule has 17 heavy (non-hydrogen) atoms. The van der Waals surface area contributed by atoms with E-state index >= 15 is 0 Å². The van der Waals surface area contributed by atoms with E-state index in [1.165, 1.54) is 0 Å². The van der Waals surface area contributed by atoms with Gasteiger partial charge in [0.15, 0.2) is 6.29 Å². The number of alkyl halides is 1. The number of aliphatic hydroxyl groups excluding tert-OH is 2. The molecule has 1 fully saturated rings. The Bertz CT molecular complexity index is 348. The van der Waals surface area contributed by atoms with Crippen molar-refractivity contribution in [2.24, 2.45) is 0 Å². The minimum absolute atomic E-state index is 0.00222. The van der Waals surface area contributed by atoms with Gasteiger partial charge in [0.2, 0.25) is 0 Å². The molecule has 0 spiro atoms. The van der Waals surface area contributed by atoms with Crippen molar-refractivity contribution in [3.8, 4) is 0 Å². The van der Waals surface area contributed by atoms with Gasteiger partial charge in [-0.1, -0.05) is 24.3 Å². The van der Waals surface area contributed by atoms with Crippen LogP contribution < -0.4 is 0 Å². The summed E-state index contributed by atoms with van der Waals surface area (Å²) in [5.74, 6) is -0.00222. The molecule has 1 aliphatic rings. The van der Waals surface area contributed by atoms with Gasteiger partial charge < -0.3 is 19.7 Å². The van der Waals surface area contributed by atoms with Crippen molar-refractivity contribution in [2.75, 3.05) is 19.1 Å². The van der Waals surface area contributed by atoms with E-state index < -0.39 is 12.2 Å². The zero-order valence-corrected chi connectivity index (χ0v) is 10.0. The minimum Gasteiger partial charge on any atom is -0.389 e. The number of ether oxygens (including phenoxy) is 2. The normalized spacial score (nSPS) is 20.4. The lowest BCUT2D eigenvalue weighted by atomic mass is 10.0. The molecule has 0 radical (unpaired) electrons.